The van der Waals surface area contributed by atoms with Crippen LogP contribution in [0.25, 0.3) is 0 Å². The highest BCUT2D eigenvalue weighted by molar-refractivity contribution is 5.90. The average Bonchev–Trinajstić information content (AvgIpc) is 3.81. The van der Waals surface area contributed by atoms with Crippen molar-refractivity contribution in [3.05, 3.63) is 72.6 Å². The van der Waals surface area contributed by atoms with Gasteiger partial charge in [0.25, 0.3) is 0 Å². The van der Waals surface area contributed by atoms with Crippen molar-refractivity contribution in [3.63, 3.8) is 0 Å². The number of rotatable bonds is 21. The molecule has 0 saturated carbocycles. The molecule has 58 heavy (non-hydrogen) atoms. The molecule has 6 rings (SSSR count). The molecule has 4 aromatic heterocycles. The van der Waals surface area contributed by atoms with Gasteiger partial charge in [0.2, 0.25) is 11.9 Å². The van der Waals surface area contributed by atoms with E-state index >= 15 is 0 Å². The third-order valence-electron chi connectivity index (χ3n) is 9.59. The summed E-state index contributed by atoms with van der Waals surface area (Å²) < 4.78 is 33.4. The van der Waals surface area contributed by atoms with Crippen LogP contribution in [0.3, 0.4) is 0 Å². The number of pyridine rings is 2. The molecule has 0 aromatic carbocycles. The van der Waals surface area contributed by atoms with Crippen molar-refractivity contribution in [2.75, 3.05) is 73.3 Å². The molecular weight excluding hydrogens is 749 g/mol. The minimum Gasteiger partial charge on any atom is -0.490 e. The number of ether oxygens (including phenoxy) is 6. The van der Waals surface area contributed by atoms with Crippen molar-refractivity contribution in [1.82, 2.24) is 29.9 Å². The molecule has 6 heterocycles. The second-order valence-corrected chi connectivity index (χ2v) is 14.5. The molecule has 0 radical (unpaired) electrons. The summed E-state index contributed by atoms with van der Waals surface area (Å²) in [5.41, 5.74) is 1.55. The molecule has 0 aliphatic carbocycles. The molecule has 1 unspecified atom stereocenters. The van der Waals surface area contributed by atoms with Gasteiger partial charge in [-0.3, -0.25) is 19.8 Å². The minimum atomic E-state index is -0.405. The molecule has 0 spiro atoms. The number of nitrogens with one attached hydrogen (secondary N) is 2. The van der Waals surface area contributed by atoms with E-state index in [2.05, 4.69) is 40.5 Å². The molecule has 2 amide bonds. The standard InChI is InChI=1S/C40H52N10O8/c1-25(2)33-23-57-39(51)49(33)35-11-13-41-37(47-35)45-27(5)31-9-7-29(21-43-31)55-19-17-53-15-16-54-18-20-56-30-8-10-32(44-22-30)28(6)46-38-42-14-12-36(48-38)50-34(26(3)4)24-58-40(50)52/h7-14,21-22,25-28,33-34H,15-20,23-24H2,1-6H3,(H,41,45,47)(H,42,46,48)/t27-,28-,33+,34?/m0/s1. The quantitative estimate of drug-likeness (QED) is 0.0950. The largest absolute Gasteiger partial charge is 0.490 e. The van der Waals surface area contributed by atoms with Crippen LogP contribution >= 0.6 is 0 Å². The Hall–Kier alpha value is -5.88. The van der Waals surface area contributed by atoms with Crippen molar-refractivity contribution < 1.29 is 38.0 Å². The van der Waals surface area contributed by atoms with Gasteiger partial charge in [0.05, 0.1) is 74.4 Å². The lowest BCUT2D eigenvalue weighted by atomic mass is 10.0. The first kappa shape index (κ1) is 41.7. The van der Waals surface area contributed by atoms with Gasteiger partial charge in [-0.25, -0.2) is 19.6 Å². The van der Waals surface area contributed by atoms with Gasteiger partial charge in [0, 0.05) is 12.4 Å². The highest BCUT2D eigenvalue weighted by Crippen LogP contribution is 2.28. The summed E-state index contributed by atoms with van der Waals surface area (Å²) in [6, 6.07) is 10.3. The zero-order valence-corrected chi connectivity index (χ0v) is 33.7. The van der Waals surface area contributed by atoms with E-state index in [1.165, 1.54) is 0 Å². The number of hydrogen-bond acceptors (Lipinski definition) is 16. The zero-order chi connectivity index (χ0) is 41.0. The lowest BCUT2D eigenvalue weighted by Gasteiger charge is -2.23. The zero-order valence-electron chi connectivity index (χ0n) is 33.7. The number of carbonyl (C=O) groups excluding carboxylic acids is 2. The topological polar surface area (TPSA) is 197 Å². The second kappa shape index (κ2) is 20.0. The molecule has 2 fully saturated rings. The Morgan fingerprint density at radius 1 is 0.603 bits per heavy atom. The van der Waals surface area contributed by atoms with E-state index in [0.29, 0.717) is 87.9 Å². The molecular formula is C40H52N10O8. The van der Waals surface area contributed by atoms with Crippen LogP contribution in [0, 0.1) is 11.8 Å². The monoisotopic (exact) mass is 800 g/mol. The number of aromatic nitrogens is 6. The first-order valence-electron chi connectivity index (χ1n) is 19.5. The minimum absolute atomic E-state index is 0.0834. The average molecular weight is 801 g/mol. The fraction of sp³-hybridized carbons (Fsp3) is 0.500. The number of amides is 2. The van der Waals surface area contributed by atoms with Crippen LogP contribution in [0.1, 0.15) is 65.0 Å². The van der Waals surface area contributed by atoms with Crippen molar-refractivity contribution in [1.29, 1.82) is 0 Å². The Kier molecular flexibility index (Phi) is 14.4. The van der Waals surface area contributed by atoms with E-state index in [1.54, 1.807) is 46.7 Å². The van der Waals surface area contributed by atoms with Crippen LogP contribution in [0.4, 0.5) is 33.1 Å². The Balaban J connectivity index is 0.822. The smallest absolute Gasteiger partial charge is 0.415 e. The fourth-order valence-corrected chi connectivity index (χ4v) is 6.25. The Bertz CT molecular complexity index is 1800. The number of nitrogens with zero attached hydrogens (tertiary/aromatic N) is 8. The van der Waals surface area contributed by atoms with Gasteiger partial charge < -0.3 is 39.1 Å². The first-order chi connectivity index (χ1) is 28.1. The van der Waals surface area contributed by atoms with Gasteiger partial charge in [0.1, 0.15) is 49.6 Å². The van der Waals surface area contributed by atoms with Gasteiger partial charge in [-0.1, -0.05) is 27.7 Å². The summed E-state index contributed by atoms with van der Waals surface area (Å²) >= 11 is 0. The molecule has 2 saturated heterocycles. The van der Waals surface area contributed by atoms with Gasteiger partial charge in [-0.2, -0.15) is 9.97 Å². The Morgan fingerprint density at radius 3 is 1.40 bits per heavy atom. The van der Waals surface area contributed by atoms with Crippen molar-refractivity contribution in [3.8, 4) is 11.5 Å². The van der Waals surface area contributed by atoms with Crippen molar-refractivity contribution in [2.45, 2.75) is 65.7 Å². The second-order valence-electron chi connectivity index (χ2n) is 14.5. The van der Waals surface area contributed by atoms with Crippen molar-refractivity contribution in [2.24, 2.45) is 11.8 Å². The van der Waals surface area contributed by atoms with Crippen LogP contribution in [-0.2, 0) is 18.9 Å². The molecule has 2 aliphatic rings. The third-order valence-corrected chi connectivity index (χ3v) is 9.59. The molecule has 0 bridgehead atoms. The SMILES string of the molecule is CC(C)C1COC(=O)N1c1ccnc(N[C@@H](C)c2ccc(OCCOCCOCCOc3ccc([C@H](C)Nc4nccc(N5C(=O)OC[C@@H]5C(C)C)n4)nc3)cn2)n1. The van der Waals surface area contributed by atoms with Gasteiger partial charge in [-0.15, -0.1) is 0 Å². The maximum absolute atomic E-state index is 12.4. The molecule has 2 aliphatic heterocycles. The van der Waals surface area contributed by atoms with E-state index < -0.39 is 12.2 Å². The van der Waals surface area contributed by atoms with Crippen LogP contribution in [0.5, 0.6) is 11.5 Å². The Morgan fingerprint density at radius 2 is 1.02 bits per heavy atom. The maximum atomic E-state index is 12.4. The summed E-state index contributed by atoms with van der Waals surface area (Å²) in [5, 5.41) is 6.51. The summed E-state index contributed by atoms with van der Waals surface area (Å²) in [6.45, 7) is 15.1. The van der Waals surface area contributed by atoms with Gasteiger partial charge in [0.15, 0.2) is 0 Å². The van der Waals surface area contributed by atoms with E-state index in [0.717, 1.165) is 11.4 Å². The van der Waals surface area contributed by atoms with E-state index in [4.69, 9.17) is 28.4 Å². The molecule has 310 valence electrons. The highest BCUT2D eigenvalue weighted by Gasteiger charge is 2.38. The predicted molar refractivity (Wildman–Crippen MR) is 214 cm³/mol. The molecule has 2 N–H and O–H groups in total. The van der Waals surface area contributed by atoms with Crippen molar-refractivity contribution >= 4 is 35.7 Å². The number of hydrogen-bond donors (Lipinski definition) is 2. The van der Waals surface area contributed by atoms with Gasteiger partial charge >= 0.3 is 12.2 Å². The van der Waals surface area contributed by atoms with E-state index in [1.807, 2.05) is 65.8 Å². The van der Waals surface area contributed by atoms with Crippen LogP contribution < -0.4 is 29.9 Å². The van der Waals surface area contributed by atoms with E-state index in [-0.39, 0.29) is 36.0 Å². The number of cyclic esters (lactones) is 2. The number of anilines is 4. The molecule has 18 heteroatoms. The molecule has 4 atom stereocenters. The Labute approximate surface area is 338 Å². The van der Waals surface area contributed by atoms with E-state index in [9.17, 15) is 9.59 Å². The summed E-state index contributed by atoms with van der Waals surface area (Å²) in [7, 11) is 0. The predicted octanol–water partition coefficient (Wildman–Crippen LogP) is 5.86. The lowest BCUT2D eigenvalue weighted by Crippen LogP contribution is -2.37. The summed E-state index contributed by atoms with van der Waals surface area (Å²) in [6.07, 6.45) is 5.75. The normalized spacial score (nSPS) is 17.7. The fourth-order valence-electron chi connectivity index (χ4n) is 6.25. The molecule has 4 aromatic rings. The first-order valence-corrected chi connectivity index (χ1v) is 19.5. The summed E-state index contributed by atoms with van der Waals surface area (Å²) in [5.74, 6) is 3.43. The van der Waals surface area contributed by atoms with Crippen LogP contribution in [0.2, 0.25) is 0 Å². The maximum Gasteiger partial charge on any atom is 0.415 e. The van der Waals surface area contributed by atoms with Crippen LogP contribution in [-0.4, -0.2) is 107 Å². The molecule has 18 nitrogen and oxygen atoms in total. The highest BCUT2D eigenvalue weighted by atomic mass is 16.6. The lowest BCUT2D eigenvalue weighted by molar-refractivity contribution is 0.0273. The van der Waals surface area contributed by atoms with Crippen LogP contribution in [0.15, 0.2) is 61.2 Å². The van der Waals surface area contributed by atoms with Gasteiger partial charge in [-0.05, 0) is 62.1 Å². The summed E-state index contributed by atoms with van der Waals surface area (Å²) in [4.78, 5) is 54.7. The third kappa shape index (κ3) is 10.9. The number of carbonyl (C=O) groups is 2.